The molecule has 2 heterocycles. The number of aromatic nitrogens is 2. The number of benzene rings is 1. The zero-order chi connectivity index (χ0) is 16.8. The monoisotopic (exact) mass is 339 g/mol. The molecule has 3 aromatic rings. The number of rotatable bonds is 6. The van der Waals surface area contributed by atoms with E-state index in [9.17, 15) is 4.79 Å². The van der Waals surface area contributed by atoms with E-state index in [-0.39, 0.29) is 12.5 Å². The summed E-state index contributed by atoms with van der Waals surface area (Å²) in [6.45, 7) is 2.34. The quantitative estimate of drug-likeness (QED) is 0.749. The lowest BCUT2D eigenvalue weighted by Gasteiger charge is -2.07. The zero-order valence-electron chi connectivity index (χ0n) is 13.2. The lowest BCUT2D eigenvalue weighted by Crippen LogP contribution is -2.28. The van der Waals surface area contributed by atoms with E-state index in [1.807, 2.05) is 54.8 Å². The van der Waals surface area contributed by atoms with Crippen LogP contribution in [0, 0.1) is 6.92 Å². The van der Waals surface area contributed by atoms with Crippen LogP contribution in [0.3, 0.4) is 0 Å². The van der Waals surface area contributed by atoms with Crippen molar-refractivity contribution in [3.05, 3.63) is 65.3 Å². The van der Waals surface area contributed by atoms with Crippen LogP contribution in [0.15, 0.2) is 54.0 Å². The highest BCUT2D eigenvalue weighted by Crippen LogP contribution is 2.21. The van der Waals surface area contributed by atoms with Gasteiger partial charge in [-0.3, -0.25) is 9.78 Å². The van der Waals surface area contributed by atoms with Gasteiger partial charge in [-0.25, -0.2) is 4.98 Å². The van der Waals surface area contributed by atoms with Crippen LogP contribution in [-0.2, 0) is 11.3 Å². The fourth-order valence-corrected chi connectivity index (χ4v) is 2.88. The molecule has 0 fully saturated rings. The van der Waals surface area contributed by atoms with E-state index in [0.29, 0.717) is 12.3 Å². The van der Waals surface area contributed by atoms with Crippen LogP contribution in [0.1, 0.15) is 11.3 Å². The minimum Gasteiger partial charge on any atom is -0.484 e. The summed E-state index contributed by atoms with van der Waals surface area (Å²) in [6.07, 6.45) is 1.74. The van der Waals surface area contributed by atoms with Crippen molar-refractivity contribution in [2.75, 3.05) is 6.61 Å². The average molecular weight is 339 g/mol. The van der Waals surface area contributed by atoms with Crippen molar-refractivity contribution in [2.45, 2.75) is 13.5 Å². The Morgan fingerprint density at radius 1 is 1.25 bits per heavy atom. The summed E-state index contributed by atoms with van der Waals surface area (Å²) < 4.78 is 5.47. The van der Waals surface area contributed by atoms with Crippen molar-refractivity contribution in [1.82, 2.24) is 15.3 Å². The predicted molar refractivity (Wildman–Crippen MR) is 93.9 cm³/mol. The van der Waals surface area contributed by atoms with Gasteiger partial charge in [0.2, 0.25) is 0 Å². The first-order chi connectivity index (χ1) is 11.7. The second-order valence-corrected chi connectivity index (χ2v) is 6.10. The van der Waals surface area contributed by atoms with Crippen LogP contribution >= 0.6 is 11.3 Å². The number of hydrogen-bond donors (Lipinski definition) is 1. The number of pyridine rings is 1. The minimum absolute atomic E-state index is 0.0132. The Balaban J connectivity index is 1.49. The average Bonchev–Trinajstić information content (AvgIpc) is 3.08. The highest BCUT2D eigenvalue weighted by atomic mass is 32.1. The largest absolute Gasteiger partial charge is 0.484 e. The molecule has 6 heteroatoms. The van der Waals surface area contributed by atoms with Gasteiger partial charge in [0.25, 0.3) is 5.91 Å². The fraction of sp³-hybridized carbons (Fsp3) is 0.167. The van der Waals surface area contributed by atoms with Crippen LogP contribution in [0.4, 0.5) is 0 Å². The molecule has 0 unspecified atom stereocenters. The van der Waals surface area contributed by atoms with Gasteiger partial charge in [-0.05, 0) is 36.8 Å². The summed E-state index contributed by atoms with van der Waals surface area (Å²) in [4.78, 5) is 20.6. The van der Waals surface area contributed by atoms with E-state index in [1.165, 1.54) is 11.3 Å². The molecule has 0 bridgehead atoms. The second-order valence-electron chi connectivity index (χ2n) is 5.24. The highest BCUT2D eigenvalue weighted by molar-refractivity contribution is 7.13. The van der Waals surface area contributed by atoms with E-state index in [1.54, 1.807) is 6.20 Å². The lowest BCUT2D eigenvalue weighted by atomic mass is 10.2. The summed E-state index contributed by atoms with van der Waals surface area (Å²) in [5.74, 6) is 0.514. The molecular formula is C18H17N3O2S. The van der Waals surface area contributed by atoms with Gasteiger partial charge in [-0.1, -0.05) is 18.2 Å². The van der Waals surface area contributed by atoms with Gasteiger partial charge >= 0.3 is 0 Å². The van der Waals surface area contributed by atoms with Crippen molar-refractivity contribution in [1.29, 1.82) is 0 Å². The summed E-state index contributed by atoms with van der Waals surface area (Å²) in [7, 11) is 0. The molecule has 3 rings (SSSR count). The van der Waals surface area contributed by atoms with Gasteiger partial charge in [-0.15, -0.1) is 11.3 Å². The third kappa shape index (κ3) is 4.39. The van der Waals surface area contributed by atoms with Gasteiger partial charge < -0.3 is 10.1 Å². The maximum atomic E-state index is 11.9. The van der Waals surface area contributed by atoms with E-state index < -0.39 is 0 Å². The summed E-state index contributed by atoms with van der Waals surface area (Å²) in [5, 5.41) is 5.57. The minimum atomic E-state index is -0.177. The Morgan fingerprint density at radius 3 is 2.96 bits per heavy atom. The first-order valence-corrected chi connectivity index (χ1v) is 8.40. The first kappa shape index (κ1) is 16.1. The van der Waals surface area contributed by atoms with Crippen LogP contribution in [-0.4, -0.2) is 22.5 Å². The molecule has 2 aromatic heterocycles. The van der Waals surface area contributed by atoms with Crippen LogP contribution in [0.5, 0.6) is 5.75 Å². The molecule has 0 saturated heterocycles. The van der Waals surface area contributed by atoms with E-state index in [2.05, 4.69) is 15.3 Å². The molecule has 0 saturated carbocycles. The number of amides is 1. The van der Waals surface area contributed by atoms with E-state index in [4.69, 9.17) is 4.74 Å². The summed E-state index contributed by atoms with van der Waals surface area (Å²) in [6, 6.07) is 13.3. The Bertz CT molecular complexity index is 818. The van der Waals surface area contributed by atoms with Crippen molar-refractivity contribution in [3.63, 3.8) is 0 Å². The smallest absolute Gasteiger partial charge is 0.258 e. The third-order valence-corrected chi connectivity index (χ3v) is 4.18. The number of aryl methyl sites for hydroxylation is 1. The highest BCUT2D eigenvalue weighted by Gasteiger charge is 2.07. The number of carbonyl (C=O) groups excluding carboxylic acids is 1. The fourth-order valence-electron chi connectivity index (χ4n) is 2.09. The van der Waals surface area contributed by atoms with Gasteiger partial charge in [-0.2, -0.15) is 0 Å². The standard InChI is InChI=1S/C18H17N3O2S/c1-13-5-4-6-15(9-13)23-11-17(22)20-10-14-12-24-18(21-14)16-7-2-3-8-19-16/h2-9,12H,10-11H2,1H3,(H,20,22). The topological polar surface area (TPSA) is 64.1 Å². The maximum absolute atomic E-state index is 11.9. The van der Waals surface area contributed by atoms with Crippen LogP contribution in [0.25, 0.3) is 10.7 Å². The molecule has 0 aliphatic heterocycles. The number of nitrogens with zero attached hydrogens (tertiary/aromatic N) is 2. The van der Waals surface area contributed by atoms with Gasteiger partial charge in [0.1, 0.15) is 10.8 Å². The van der Waals surface area contributed by atoms with Crippen molar-refractivity contribution in [2.24, 2.45) is 0 Å². The Hall–Kier alpha value is -2.73. The molecule has 1 N–H and O–H groups in total. The second kappa shape index (κ2) is 7.70. The van der Waals surface area contributed by atoms with Crippen molar-refractivity contribution >= 4 is 17.2 Å². The van der Waals surface area contributed by atoms with Crippen molar-refractivity contribution in [3.8, 4) is 16.5 Å². The summed E-state index contributed by atoms with van der Waals surface area (Å²) >= 11 is 1.51. The number of thiazole rings is 1. The van der Waals surface area contributed by atoms with Gasteiger partial charge in [0.05, 0.1) is 17.9 Å². The van der Waals surface area contributed by atoms with Gasteiger partial charge in [0, 0.05) is 11.6 Å². The number of carbonyl (C=O) groups is 1. The van der Waals surface area contributed by atoms with Crippen LogP contribution < -0.4 is 10.1 Å². The SMILES string of the molecule is Cc1cccc(OCC(=O)NCc2csc(-c3ccccn3)n2)c1. The van der Waals surface area contributed by atoms with Gasteiger partial charge in [0.15, 0.2) is 6.61 Å². The van der Waals surface area contributed by atoms with E-state index >= 15 is 0 Å². The normalized spacial score (nSPS) is 10.4. The molecule has 0 radical (unpaired) electrons. The molecule has 0 spiro atoms. The Morgan fingerprint density at radius 2 is 2.17 bits per heavy atom. The molecule has 1 aromatic carbocycles. The number of ether oxygens (including phenoxy) is 1. The molecule has 1 amide bonds. The number of nitrogens with one attached hydrogen (secondary N) is 1. The summed E-state index contributed by atoms with van der Waals surface area (Å²) in [5.41, 5.74) is 2.74. The van der Waals surface area contributed by atoms with Crippen molar-refractivity contribution < 1.29 is 9.53 Å². The first-order valence-electron chi connectivity index (χ1n) is 7.53. The predicted octanol–water partition coefficient (Wildman–Crippen LogP) is 3.21. The molecule has 0 aliphatic carbocycles. The Labute approximate surface area is 144 Å². The van der Waals surface area contributed by atoms with Crippen LogP contribution in [0.2, 0.25) is 0 Å². The third-order valence-electron chi connectivity index (χ3n) is 3.26. The lowest BCUT2D eigenvalue weighted by molar-refractivity contribution is -0.123. The molecule has 5 nitrogen and oxygen atoms in total. The molecule has 24 heavy (non-hydrogen) atoms. The Kier molecular flexibility index (Phi) is 5.18. The molecular weight excluding hydrogens is 322 g/mol. The maximum Gasteiger partial charge on any atom is 0.258 e. The number of hydrogen-bond acceptors (Lipinski definition) is 5. The molecule has 0 atom stereocenters. The molecule has 0 aliphatic rings. The zero-order valence-corrected chi connectivity index (χ0v) is 14.0. The van der Waals surface area contributed by atoms with E-state index in [0.717, 1.165) is 22.0 Å². The molecule has 122 valence electrons.